The van der Waals surface area contributed by atoms with E-state index in [0.29, 0.717) is 12.0 Å². The molecule has 24 heavy (non-hydrogen) atoms. The number of aromatic nitrogens is 1. The zero-order chi connectivity index (χ0) is 17.3. The van der Waals surface area contributed by atoms with Crippen LogP contribution in [0.4, 0.5) is 0 Å². The molecule has 3 rings (SSSR count). The minimum Gasteiger partial charge on any atom is -0.452 e. The average molecular weight is 350 g/mol. The topological polar surface area (TPSA) is 94.5 Å². The summed E-state index contributed by atoms with van der Waals surface area (Å²) in [6.07, 6.45) is 2.06. The molecule has 7 nitrogen and oxygen atoms in total. The highest BCUT2D eigenvalue weighted by Gasteiger charge is 2.29. The molecule has 0 spiro atoms. The minimum absolute atomic E-state index is 0.0595. The summed E-state index contributed by atoms with van der Waals surface area (Å²) in [6.45, 7) is -0.432. The second-order valence-electron chi connectivity index (χ2n) is 5.91. The van der Waals surface area contributed by atoms with E-state index in [2.05, 4.69) is 5.32 Å². The standard InChI is InChI=1S/C16H18N2O5S/c1-18-8-13(12-4-2-3-5-14(12)18)16(20)23-9-15(19)17-11-6-7-24(21,22)10-11/h2-5,8,11H,6-7,9-10H2,1H3,(H,17,19)/t11-/m0/s1. The van der Waals surface area contributed by atoms with Crippen LogP contribution in [-0.2, 0) is 26.4 Å². The van der Waals surface area contributed by atoms with E-state index in [9.17, 15) is 18.0 Å². The third-order valence-electron chi connectivity index (χ3n) is 4.05. The Morgan fingerprint density at radius 1 is 1.33 bits per heavy atom. The first-order valence-corrected chi connectivity index (χ1v) is 9.39. The number of hydrogen-bond donors (Lipinski definition) is 1. The van der Waals surface area contributed by atoms with Crippen LogP contribution in [0.1, 0.15) is 16.8 Å². The van der Waals surface area contributed by atoms with Crippen LogP contribution < -0.4 is 5.32 Å². The maximum atomic E-state index is 12.2. The summed E-state index contributed by atoms with van der Waals surface area (Å²) in [6, 6.07) is 7.00. The highest BCUT2D eigenvalue weighted by molar-refractivity contribution is 7.91. The molecule has 0 saturated carbocycles. The van der Waals surface area contributed by atoms with Crippen molar-refractivity contribution < 1.29 is 22.7 Å². The predicted octanol–water partition coefficient (Wildman–Crippen LogP) is 0.638. The van der Waals surface area contributed by atoms with Crippen molar-refractivity contribution in [2.24, 2.45) is 7.05 Å². The number of fused-ring (bicyclic) bond motifs is 1. The minimum atomic E-state index is -3.06. The van der Waals surface area contributed by atoms with Crippen molar-refractivity contribution in [2.45, 2.75) is 12.5 Å². The van der Waals surface area contributed by atoms with Gasteiger partial charge in [-0.15, -0.1) is 0 Å². The van der Waals surface area contributed by atoms with Crippen molar-refractivity contribution in [1.29, 1.82) is 0 Å². The third-order valence-corrected chi connectivity index (χ3v) is 5.82. The van der Waals surface area contributed by atoms with Crippen molar-refractivity contribution in [3.8, 4) is 0 Å². The number of aryl methyl sites for hydroxylation is 1. The molecule has 1 aromatic heterocycles. The Morgan fingerprint density at radius 3 is 2.79 bits per heavy atom. The Morgan fingerprint density at radius 2 is 2.08 bits per heavy atom. The summed E-state index contributed by atoms with van der Waals surface area (Å²) in [5.41, 5.74) is 1.29. The monoisotopic (exact) mass is 350 g/mol. The maximum absolute atomic E-state index is 12.2. The van der Waals surface area contributed by atoms with Gasteiger partial charge in [-0.1, -0.05) is 18.2 Å². The van der Waals surface area contributed by atoms with Crippen LogP contribution >= 0.6 is 0 Å². The van der Waals surface area contributed by atoms with Gasteiger partial charge in [-0.25, -0.2) is 13.2 Å². The Balaban J connectivity index is 1.60. The Kier molecular flexibility index (Phi) is 4.31. The van der Waals surface area contributed by atoms with Gasteiger partial charge in [-0.05, 0) is 12.5 Å². The van der Waals surface area contributed by atoms with Gasteiger partial charge in [0.25, 0.3) is 5.91 Å². The summed E-state index contributed by atoms with van der Waals surface area (Å²) in [7, 11) is -1.24. The summed E-state index contributed by atoms with van der Waals surface area (Å²) >= 11 is 0. The molecule has 1 fully saturated rings. The average Bonchev–Trinajstić information content (AvgIpc) is 3.05. The molecule has 0 aliphatic carbocycles. The van der Waals surface area contributed by atoms with E-state index in [-0.39, 0.29) is 11.5 Å². The van der Waals surface area contributed by atoms with Gasteiger partial charge in [0, 0.05) is 30.2 Å². The number of carbonyl (C=O) groups excluding carboxylic acids is 2. The fraction of sp³-hybridized carbons (Fsp3) is 0.375. The lowest BCUT2D eigenvalue weighted by Gasteiger charge is -2.10. The number of ether oxygens (including phenoxy) is 1. The number of carbonyl (C=O) groups is 2. The highest BCUT2D eigenvalue weighted by Crippen LogP contribution is 2.21. The largest absolute Gasteiger partial charge is 0.452 e. The summed E-state index contributed by atoms with van der Waals surface area (Å²) in [5, 5.41) is 3.34. The zero-order valence-corrected chi connectivity index (χ0v) is 14.0. The van der Waals surface area contributed by atoms with Gasteiger partial charge >= 0.3 is 5.97 Å². The van der Waals surface area contributed by atoms with Gasteiger partial charge < -0.3 is 14.6 Å². The van der Waals surface area contributed by atoms with Crippen LogP contribution in [0.15, 0.2) is 30.5 Å². The number of para-hydroxylation sites is 1. The molecule has 0 unspecified atom stereocenters. The SMILES string of the molecule is Cn1cc(C(=O)OCC(=O)N[C@H]2CCS(=O)(=O)C2)c2ccccc21. The van der Waals surface area contributed by atoms with E-state index in [0.717, 1.165) is 10.9 Å². The smallest absolute Gasteiger partial charge is 0.340 e. The Hall–Kier alpha value is -2.35. The van der Waals surface area contributed by atoms with Gasteiger partial charge in [0.2, 0.25) is 0 Å². The van der Waals surface area contributed by atoms with Gasteiger partial charge in [-0.2, -0.15) is 0 Å². The van der Waals surface area contributed by atoms with Crippen molar-refractivity contribution in [1.82, 2.24) is 9.88 Å². The molecule has 1 N–H and O–H groups in total. The molecule has 128 valence electrons. The molecule has 1 aliphatic rings. The molecule has 8 heteroatoms. The van der Waals surface area contributed by atoms with E-state index in [1.807, 2.05) is 35.9 Å². The van der Waals surface area contributed by atoms with Crippen molar-refractivity contribution in [2.75, 3.05) is 18.1 Å². The quantitative estimate of drug-likeness (QED) is 0.817. The molecule has 2 aromatic rings. The molecular weight excluding hydrogens is 332 g/mol. The Labute approximate surface area is 139 Å². The van der Waals surface area contributed by atoms with Crippen molar-refractivity contribution >= 4 is 32.6 Å². The molecule has 2 heterocycles. The van der Waals surface area contributed by atoms with Crippen LogP contribution in [0, 0.1) is 0 Å². The van der Waals surface area contributed by atoms with Gasteiger partial charge in [0.1, 0.15) is 0 Å². The van der Waals surface area contributed by atoms with Crippen LogP contribution in [0.2, 0.25) is 0 Å². The van der Waals surface area contributed by atoms with Gasteiger partial charge in [0.15, 0.2) is 16.4 Å². The number of nitrogens with one attached hydrogen (secondary N) is 1. The van der Waals surface area contributed by atoms with E-state index >= 15 is 0 Å². The van der Waals surface area contributed by atoms with Crippen LogP contribution in [0.3, 0.4) is 0 Å². The van der Waals surface area contributed by atoms with Crippen molar-refractivity contribution in [3.05, 3.63) is 36.0 Å². The van der Waals surface area contributed by atoms with Crippen LogP contribution in [-0.4, -0.2) is 49.0 Å². The first-order valence-electron chi connectivity index (χ1n) is 7.57. The summed E-state index contributed by atoms with van der Waals surface area (Å²) in [5.74, 6) is -1.06. The number of nitrogens with zero attached hydrogens (tertiary/aromatic N) is 1. The lowest BCUT2D eigenvalue weighted by Crippen LogP contribution is -2.38. The Bertz CT molecular complexity index is 900. The second kappa shape index (κ2) is 6.27. The predicted molar refractivity (Wildman–Crippen MR) is 88.4 cm³/mol. The number of rotatable bonds is 4. The molecule has 1 atom stereocenters. The molecule has 1 saturated heterocycles. The number of benzene rings is 1. The molecule has 1 amide bonds. The normalized spacial score (nSPS) is 19.3. The van der Waals surface area contributed by atoms with Crippen LogP contribution in [0.25, 0.3) is 10.9 Å². The lowest BCUT2D eigenvalue weighted by atomic mass is 10.2. The summed E-state index contributed by atoms with van der Waals surface area (Å²) in [4.78, 5) is 24.0. The van der Waals surface area contributed by atoms with E-state index in [4.69, 9.17) is 4.74 Å². The van der Waals surface area contributed by atoms with Gasteiger partial charge in [0.05, 0.1) is 17.1 Å². The molecule has 0 radical (unpaired) electrons. The maximum Gasteiger partial charge on any atom is 0.340 e. The number of esters is 1. The van der Waals surface area contributed by atoms with E-state index < -0.39 is 34.4 Å². The molecule has 1 aliphatic heterocycles. The second-order valence-corrected chi connectivity index (χ2v) is 8.14. The van der Waals surface area contributed by atoms with Crippen LogP contribution in [0.5, 0.6) is 0 Å². The third kappa shape index (κ3) is 3.43. The number of hydrogen-bond acceptors (Lipinski definition) is 5. The molecule has 0 bridgehead atoms. The molecular formula is C16H18N2O5S. The molecule has 1 aromatic carbocycles. The first kappa shape index (κ1) is 16.5. The highest BCUT2D eigenvalue weighted by atomic mass is 32.2. The van der Waals surface area contributed by atoms with E-state index in [1.165, 1.54) is 0 Å². The zero-order valence-electron chi connectivity index (χ0n) is 13.2. The van der Waals surface area contributed by atoms with Crippen molar-refractivity contribution in [3.63, 3.8) is 0 Å². The first-order chi connectivity index (χ1) is 11.4. The summed E-state index contributed by atoms with van der Waals surface area (Å²) < 4.78 is 29.6. The lowest BCUT2D eigenvalue weighted by molar-refractivity contribution is -0.124. The van der Waals surface area contributed by atoms with Gasteiger partial charge in [-0.3, -0.25) is 4.79 Å². The fourth-order valence-electron chi connectivity index (χ4n) is 2.89. The van der Waals surface area contributed by atoms with E-state index in [1.54, 1.807) is 6.20 Å². The number of sulfone groups is 1. The number of amides is 1. The fourth-order valence-corrected chi connectivity index (χ4v) is 4.56.